The van der Waals surface area contributed by atoms with Gasteiger partial charge < -0.3 is 19.7 Å². The molecule has 8 heteroatoms. The van der Waals surface area contributed by atoms with Gasteiger partial charge in [0.2, 0.25) is 5.91 Å². The van der Waals surface area contributed by atoms with Crippen molar-refractivity contribution < 1.29 is 19.1 Å². The number of aromatic nitrogens is 1. The van der Waals surface area contributed by atoms with Crippen LogP contribution in [0.4, 0.5) is 5.13 Å². The van der Waals surface area contributed by atoms with E-state index >= 15 is 0 Å². The minimum atomic E-state index is -0.289. The van der Waals surface area contributed by atoms with Gasteiger partial charge in [0, 0.05) is 18.8 Å². The summed E-state index contributed by atoms with van der Waals surface area (Å²) in [5, 5.41) is 4.73. The Morgan fingerprint density at radius 1 is 1.13 bits per heavy atom. The number of methoxy groups -OCH3 is 2. The molecule has 7 nitrogen and oxygen atoms in total. The summed E-state index contributed by atoms with van der Waals surface area (Å²) in [7, 11) is 3.22. The number of amides is 2. The summed E-state index contributed by atoms with van der Waals surface area (Å²) < 4.78 is 11.0. The molecule has 1 aliphatic rings. The van der Waals surface area contributed by atoms with Crippen molar-refractivity contribution in [3.63, 3.8) is 0 Å². The summed E-state index contributed by atoms with van der Waals surface area (Å²) in [6.07, 6.45) is 0.688. The van der Waals surface area contributed by atoms with Crippen molar-refractivity contribution >= 4 is 28.3 Å². The molecule has 1 atom stereocenters. The maximum atomic E-state index is 13.5. The van der Waals surface area contributed by atoms with Gasteiger partial charge in [0.1, 0.15) is 5.69 Å². The standard InChI is InChI=1S/C23H23N3O4S/c1-14(27)24-23-25-18(13-31-23)22(28)26-10-9-16-11-19(29-2)20(30-3)12-17(16)21(26)15-7-5-4-6-8-15/h4-8,11-13,21H,9-10H2,1-3H3,(H,24,25,27). The van der Waals surface area contributed by atoms with Gasteiger partial charge in [-0.25, -0.2) is 4.98 Å². The minimum absolute atomic E-state index is 0.179. The number of rotatable bonds is 5. The average Bonchev–Trinajstić information content (AvgIpc) is 3.25. The fraction of sp³-hybridized carbons (Fsp3) is 0.261. The minimum Gasteiger partial charge on any atom is -0.493 e. The van der Waals surface area contributed by atoms with Crippen molar-refractivity contribution in [2.45, 2.75) is 19.4 Å². The van der Waals surface area contributed by atoms with Gasteiger partial charge in [0.25, 0.3) is 5.91 Å². The maximum Gasteiger partial charge on any atom is 0.274 e. The number of carbonyl (C=O) groups excluding carboxylic acids is 2. The topological polar surface area (TPSA) is 80.8 Å². The Labute approximate surface area is 184 Å². The fourth-order valence-corrected chi connectivity index (χ4v) is 4.62. The Bertz CT molecular complexity index is 1110. The summed E-state index contributed by atoms with van der Waals surface area (Å²) >= 11 is 1.24. The predicted octanol–water partition coefficient (Wildman–Crippen LogP) is 3.91. The van der Waals surface area contributed by atoms with Crippen LogP contribution in [-0.2, 0) is 11.2 Å². The van der Waals surface area contributed by atoms with Crippen molar-refractivity contribution in [2.24, 2.45) is 0 Å². The molecular weight excluding hydrogens is 414 g/mol. The number of nitrogens with zero attached hydrogens (tertiary/aromatic N) is 2. The summed E-state index contributed by atoms with van der Waals surface area (Å²) in [5.41, 5.74) is 3.44. The number of thiazole rings is 1. The number of ether oxygens (including phenoxy) is 2. The second kappa shape index (κ2) is 8.77. The third-order valence-corrected chi connectivity index (χ3v) is 6.01. The first-order chi connectivity index (χ1) is 15.0. The third kappa shape index (κ3) is 4.11. The number of anilines is 1. The van der Waals surface area contributed by atoms with Crippen LogP contribution in [0.5, 0.6) is 11.5 Å². The molecule has 0 aliphatic carbocycles. The van der Waals surface area contributed by atoms with Crippen LogP contribution >= 0.6 is 11.3 Å². The molecule has 1 aliphatic heterocycles. The first kappa shape index (κ1) is 20.9. The van der Waals surface area contributed by atoms with E-state index in [0.717, 1.165) is 16.7 Å². The Morgan fingerprint density at radius 3 is 2.52 bits per heavy atom. The first-order valence-corrected chi connectivity index (χ1v) is 10.7. The van der Waals surface area contributed by atoms with Crippen molar-refractivity contribution in [2.75, 3.05) is 26.1 Å². The Hall–Kier alpha value is -3.39. The lowest BCUT2D eigenvalue weighted by Crippen LogP contribution is -2.40. The van der Waals surface area contributed by atoms with E-state index in [9.17, 15) is 9.59 Å². The maximum absolute atomic E-state index is 13.5. The van der Waals surface area contributed by atoms with E-state index in [2.05, 4.69) is 10.3 Å². The second-order valence-corrected chi connectivity index (χ2v) is 8.04. The highest BCUT2D eigenvalue weighted by atomic mass is 32.1. The van der Waals surface area contributed by atoms with E-state index < -0.39 is 0 Å². The molecule has 1 unspecified atom stereocenters. The van der Waals surface area contributed by atoms with Gasteiger partial charge in [-0.3, -0.25) is 9.59 Å². The summed E-state index contributed by atoms with van der Waals surface area (Å²) in [4.78, 5) is 30.9. The Kier molecular flexibility index (Phi) is 5.90. The van der Waals surface area contributed by atoms with Gasteiger partial charge in [-0.05, 0) is 35.2 Å². The lowest BCUT2D eigenvalue weighted by Gasteiger charge is -2.38. The molecule has 2 heterocycles. The largest absolute Gasteiger partial charge is 0.493 e. The normalized spacial score (nSPS) is 15.2. The fourth-order valence-electron chi connectivity index (χ4n) is 3.89. The van der Waals surface area contributed by atoms with Crippen LogP contribution in [0.15, 0.2) is 47.8 Å². The number of carbonyl (C=O) groups is 2. The van der Waals surface area contributed by atoms with E-state index in [-0.39, 0.29) is 17.9 Å². The summed E-state index contributed by atoms with van der Waals surface area (Å²) in [5.74, 6) is 0.899. The van der Waals surface area contributed by atoms with Gasteiger partial charge >= 0.3 is 0 Å². The molecule has 2 aromatic carbocycles. The molecule has 0 saturated heterocycles. The number of hydrogen-bond donors (Lipinski definition) is 1. The summed E-state index contributed by atoms with van der Waals surface area (Å²) in [6, 6.07) is 13.6. The second-order valence-electron chi connectivity index (χ2n) is 7.19. The zero-order valence-corrected chi connectivity index (χ0v) is 18.4. The van der Waals surface area contributed by atoms with Crippen LogP contribution in [0.1, 0.15) is 40.1 Å². The lowest BCUT2D eigenvalue weighted by molar-refractivity contribution is -0.114. The molecule has 3 aromatic rings. The van der Waals surface area contributed by atoms with E-state index in [0.29, 0.717) is 35.3 Å². The monoisotopic (exact) mass is 437 g/mol. The molecule has 0 saturated carbocycles. The number of nitrogens with one attached hydrogen (secondary N) is 1. The van der Waals surface area contributed by atoms with Crippen LogP contribution in [0, 0.1) is 0 Å². The highest BCUT2D eigenvalue weighted by Gasteiger charge is 2.34. The van der Waals surface area contributed by atoms with Gasteiger partial charge in [-0.2, -0.15) is 0 Å². The molecule has 0 fully saturated rings. The highest BCUT2D eigenvalue weighted by Crippen LogP contribution is 2.41. The van der Waals surface area contributed by atoms with E-state index in [4.69, 9.17) is 9.47 Å². The van der Waals surface area contributed by atoms with Crippen LogP contribution in [-0.4, -0.2) is 42.5 Å². The first-order valence-electron chi connectivity index (χ1n) is 9.85. The lowest BCUT2D eigenvalue weighted by atomic mass is 9.87. The van der Waals surface area contributed by atoms with Crippen molar-refractivity contribution in [3.8, 4) is 11.5 Å². The Balaban J connectivity index is 1.77. The molecule has 4 rings (SSSR count). The average molecular weight is 438 g/mol. The molecule has 2 amide bonds. The molecule has 160 valence electrons. The zero-order valence-electron chi connectivity index (χ0n) is 17.5. The molecule has 31 heavy (non-hydrogen) atoms. The quantitative estimate of drug-likeness (QED) is 0.655. The van der Waals surface area contributed by atoms with Crippen LogP contribution in [0.25, 0.3) is 0 Å². The molecule has 1 aromatic heterocycles. The van der Waals surface area contributed by atoms with E-state index in [1.54, 1.807) is 19.6 Å². The number of fused-ring (bicyclic) bond motifs is 1. The van der Waals surface area contributed by atoms with Gasteiger partial charge in [0.05, 0.1) is 20.3 Å². The zero-order chi connectivity index (χ0) is 22.0. The van der Waals surface area contributed by atoms with Crippen molar-refractivity contribution in [1.29, 1.82) is 0 Å². The number of benzene rings is 2. The van der Waals surface area contributed by atoms with Crippen molar-refractivity contribution in [1.82, 2.24) is 9.88 Å². The van der Waals surface area contributed by atoms with Crippen LogP contribution < -0.4 is 14.8 Å². The third-order valence-electron chi connectivity index (χ3n) is 5.26. The highest BCUT2D eigenvalue weighted by molar-refractivity contribution is 7.14. The molecule has 1 N–H and O–H groups in total. The van der Waals surface area contributed by atoms with Gasteiger partial charge in [0.15, 0.2) is 16.6 Å². The SMILES string of the molecule is COc1cc2c(cc1OC)C(c1ccccc1)N(C(=O)c1csc(NC(C)=O)n1)CC2. The van der Waals surface area contributed by atoms with Crippen molar-refractivity contribution in [3.05, 3.63) is 70.2 Å². The molecule has 0 radical (unpaired) electrons. The number of hydrogen-bond acceptors (Lipinski definition) is 6. The van der Waals surface area contributed by atoms with E-state index in [1.807, 2.05) is 47.4 Å². The predicted molar refractivity (Wildman–Crippen MR) is 119 cm³/mol. The van der Waals surface area contributed by atoms with Crippen LogP contribution in [0.2, 0.25) is 0 Å². The molecular formula is C23H23N3O4S. The molecule has 0 spiro atoms. The smallest absolute Gasteiger partial charge is 0.274 e. The van der Waals surface area contributed by atoms with Crippen LogP contribution in [0.3, 0.4) is 0 Å². The van der Waals surface area contributed by atoms with Gasteiger partial charge in [-0.1, -0.05) is 30.3 Å². The van der Waals surface area contributed by atoms with E-state index in [1.165, 1.54) is 18.3 Å². The molecule has 0 bridgehead atoms. The Morgan fingerprint density at radius 2 is 1.84 bits per heavy atom. The summed E-state index contributed by atoms with van der Waals surface area (Å²) in [6.45, 7) is 1.95. The van der Waals surface area contributed by atoms with Gasteiger partial charge in [-0.15, -0.1) is 11.3 Å².